The summed E-state index contributed by atoms with van der Waals surface area (Å²) in [6, 6.07) is 8.83. The second-order valence-corrected chi connectivity index (χ2v) is 8.90. The minimum absolute atomic E-state index is 0.000997. The van der Waals surface area contributed by atoms with Crippen LogP contribution < -0.4 is 10.0 Å². The van der Waals surface area contributed by atoms with Crippen molar-refractivity contribution in [3.63, 3.8) is 0 Å². The molecular weight excluding hydrogens is 429 g/mol. The molecular formula is C19H18ClF3N2O3S. The van der Waals surface area contributed by atoms with Gasteiger partial charge in [0.1, 0.15) is 0 Å². The van der Waals surface area contributed by atoms with Gasteiger partial charge in [-0.05, 0) is 55.2 Å². The molecule has 1 amide bonds. The van der Waals surface area contributed by atoms with Gasteiger partial charge in [0.2, 0.25) is 15.9 Å². The predicted octanol–water partition coefficient (Wildman–Crippen LogP) is 4.37. The summed E-state index contributed by atoms with van der Waals surface area (Å²) >= 11 is 5.86. The van der Waals surface area contributed by atoms with Crippen LogP contribution in [0.4, 0.5) is 18.9 Å². The van der Waals surface area contributed by atoms with Gasteiger partial charge in [0, 0.05) is 12.5 Å². The van der Waals surface area contributed by atoms with E-state index in [9.17, 15) is 26.4 Å². The maximum absolute atomic E-state index is 12.8. The molecule has 2 aromatic rings. The summed E-state index contributed by atoms with van der Waals surface area (Å²) < 4.78 is 65.2. The maximum atomic E-state index is 12.8. The molecule has 3 rings (SSSR count). The first kappa shape index (κ1) is 21.6. The Labute approximate surface area is 171 Å². The van der Waals surface area contributed by atoms with Gasteiger partial charge in [-0.2, -0.15) is 13.2 Å². The number of carbonyl (C=O) groups is 1. The third-order valence-electron chi connectivity index (χ3n) is 4.34. The van der Waals surface area contributed by atoms with E-state index in [1.165, 1.54) is 12.1 Å². The normalized spacial score (nSPS) is 14.6. The van der Waals surface area contributed by atoms with Gasteiger partial charge in [-0.15, -0.1) is 0 Å². The van der Waals surface area contributed by atoms with Crippen LogP contribution in [0.2, 0.25) is 5.02 Å². The maximum Gasteiger partial charge on any atom is 0.416 e. The first-order chi connectivity index (χ1) is 13.5. The third kappa shape index (κ3) is 5.94. The number of anilines is 1. The fraction of sp³-hybridized carbons (Fsp3) is 0.316. The predicted molar refractivity (Wildman–Crippen MR) is 103 cm³/mol. The number of alkyl halides is 3. The first-order valence-electron chi connectivity index (χ1n) is 8.82. The SMILES string of the molecule is O=C(CCc1ccc(S(=O)(=O)NC2CC2)cc1)Nc1cc(C(F)(F)F)ccc1Cl. The molecule has 0 saturated heterocycles. The lowest BCUT2D eigenvalue weighted by Gasteiger charge is -2.12. The smallest absolute Gasteiger partial charge is 0.325 e. The fourth-order valence-electron chi connectivity index (χ4n) is 2.59. The van der Waals surface area contributed by atoms with Crippen LogP contribution in [0.15, 0.2) is 47.4 Å². The van der Waals surface area contributed by atoms with E-state index >= 15 is 0 Å². The Bertz CT molecular complexity index is 1000. The molecule has 0 unspecified atom stereocenters. The Kier molecular flexibility index (Phi) is 6.21. The fourth-order valence-corrected chi connectivity index (χ4v) is 4.06. The molecule has 0 spiro atoms. The standard InChI is InChI=1S/C19H18ClF3N2O3S/c20-16-9-4-13(19(21,22)23)11-17(16)24-18(26)10-3-12-1-7-15(8-2-12)29(27,28)25-14-5-6-14/h1-2,4,7-9,11,14,25H,3,5-6,10H2,(H,24,26). The minimum Gasteiger partial charge on any atom is -0.325 e. The van der Waals surface area contributed by atoms with E-state index in [0.717, 1.165) is 36.6 Å². The second kappa shape index (κ2) is 8.33. The van der Waals surface area contributed by atoms with E-state index in [0.29, 0.717) is 6.42 Å². The molecule has 1 aliphatic carbocycles. The van der Waals surface area contributed by atoms with Crippen LogP contribution in [0.5, 0.6) is 0 Å². The van der Waals surface area contributed by atoms with Gasteiger partial charge in [0.15, 0.2) is 0 Å². The zero-order chi connectivity index (χ0) is 21.2. The second-order valence-electron chi connectivity index (χ2n) is 6.78. The summed E-state index contributed by atoms with van der Waals surface area (Å²) in [5.41, 5.74) is -0.298. The number of nitrogens with one attached hydrogen (secondary N) is 2. The van der Waals surface area contributed by atoms with Gasteiger partial charge in [0.05, 0.1) is 21.2 Å². The topological polar surface area (TPSA) is 75.3 Å². The number of rotatable bonds is 7. The highest BCUT2D eigenvalue weighted by Gasteiger charge is 2.31. The zero-order valence-electron chi connectivity index (χ0n) is 15.1. The molecule has 5 nitrogen and oxygen atoms in total. The van der Waals surface area contributed by atoms with Crippen molar-refractivity contribution in [2.45, 2.75) is 42.8 Å². The van der Waals surface area contributed by atoms with Gasteiger partial charge in [-0.1, -0.05) is 23.7 Å². The van der Waals surface area contributed by atoms with Crippen LogP contribution in [0.25, 0.3) is 0 Å². The van der Waals surface area contributed by atoms with Gasteiger partial charge >= 0.3 is 6.18 Å². The highest BCUT2D eigenvalue weighted by molar-refractivity contribution is 7.89. The summed E-state index contributed by atoms with van der Waals surface area (Å²) in [6.45, 7) is 0. The van der Waals surface area contributed by atoms with E-state index < -0.39 is 27.7 Å². The van der Waals surface area contributed by atoms with Gasteiger partial charge in [-0.25, -0.2) is 13.1 Å². The van der Waals surface area contributed by atoms with Gasteiger partial charge in [0.25, 0.3) is 0 Å². The molecule has 1 fully saturated rings. The summed E-state index contributed by atoms with van der Waals surface area (Å²) in [5, 5.41) is 2.38. The van der Waals surface area contributed by atoms with E-state index in [1.54, 1.807) is 12.1 Å². The highest BCUT2D eigenvalue weighted by Crippen LogP contribution is 2.33. The summed E-state index contributed by atoms with van der Waals surface area (Å²) in [4.78, 5) is 12.2. The quantitative estimate of drug-likeness (QED) is 0.663. The number of benzene rings is 2. The minimum atomic E-state index is -4.54. The Balaban J connectivity index is 1.58. The molecule has 0 bridgehead atoms. The summed E-state index contributed by atoms with van der Waals surface area (Å²) in [5.74, 6) is -0.502. The molecule has 156 valence electrons. The molecule has 1 saturated carbocycles. The molecule has 2 N–H and O–H groups in total. The van der Waals surface area contributed by atoms with Crippen molar-refractivity contribution in [2.75, 3.05) is 5.32 Å². The molecule has 0 heterocycles. The average molecular weight is 447 g/mol. The van der Waals surface area contributed by atoms with Crippen molar-refractivity contribution in [1.29, 1.82) is 0 Å². The number of amides is 1. The zero-order valence-corrected chi connectivity index (χ0v) is 16.7. The van der Waals surface area contributed by atoms with Crippen molar-refractivity contribution in [1.82, 2.24) is 4.72 Å². The van der Waals surface area contributed by atoms with Crippen LogP contribution in [0.1, 0.15) is 30.4 Å². The van der Waals surface area contributed by atoms with Gasteiger partial charge < -0.3 is 5.32 Å². The largest absolute Gasteiger partial charge is 0.416 e. The van der Waals surface area contributed by atoms with Crippen molar-refractivity contribution in [2.24, 2.45) is 0 Å². The summed E-state index contributed by atoms with van der Waals surface area (Å²) in [7, 11) is -3.54. The van der Waals surface area contributed by atoms with E-state index in [-0.39, 0.29) is 28.1 Å². The van der Waals surface area contributed by atoms with Crippen LogP contribution >= 0.6 is 11.6 Å². The lowest BCUT2D eigenvalue weighted by Crippen LogP contribution is -2.25. The Morgan fingerprint density at radius 2 is 1.76 bits per heavy atom. The lowest BCUT2D eigenvalue weighted by atomic mass is 10.1. The van der Waals surface area contributed by atoms with E-state index in [2.05, 4.69) is 10.0 Å². The molecule has 2 aromatic carbocycles. The summed E-state index contributed by atoms with van der Waals surface area (Å²) in [6.07, 6.45) is -2.58. The van der Waals surface area contributed by atoms with Crippen molar-refractivity contribution in [3.8, 4) is 0 Å². The number of sulfonamides is 1. The number of hydrogen-bond acceptors (Lipinski definition) is 3. The molecule has 0 radical (unpaired) electrons. The number of carbonyl (C=O) groups excluding carboxylic acids is 1. The average Bonchev–Trinajstić information content (AvgIpc) is 3.44. The van der Waals surface area contributed by atoms with Gasteiger partial charge in [-0.3, -0.25) is 4.79 Å². The molecule has 1 aliphatic rings. The first-order valence-corrected chi connectivity index (χ1v) is 10.7. The Hall–Kier alpha value is -2.10. The van der Waals surface area contributed by atoms with Crippen molar-refractivity contribution in [3.05, 3.63) is 58.6 Å². The van der Waals surface area contributed by atoms with Crippen LogP contribution in [-0.2, 0) is 27.4 Å². The Morgan fingerprint density at radius 3 is 2.34 bits per heavy atom. The number of halogens is 4. The molecule has 0 aliphatic heterocycles. The molecule has 0 aromatic heterocycles. The number of hydrogen-bond donors (Lipinski definition) is 2. The molecule has 29 heavy (non-hydrogen) atoms. The van der Waals surface area contributed by atoms with Crippen LogP contribution in [0, 0.1) is 0 Å². The third-order valence-corrected chi connectivity index (χ3v) is 6.21. The number of aryl methyl sites for hydroxylation is 1. The van der Waals surface area contributed by atoms with E-state index in [1.807, 2.05) is 0 Å². The molecule has 10 heteroatoms. The Morgan fingerprint density at radius 1 is 1.10 bits per heavy atom. The van der Waals surface area contributed by atoms with Crippen LogP contribution in [-0.4, -0.2) is 20.4 Å². The van der Waals surface area contributed by atoms with Crippen molar-refractivity contribution < 1.29 is 26.4 Å². The molecule has 0 atom stereocenters. The monoisotopic (exact) mass is 446 g/mol. The lowest BCUT2D eigenvalue weighted by molar-refractivity contribution is -0.137. The van der Waals surface area contributed by atoms with Crippen LogP contribution in [0.3, 0.4) is 0 Å². The van der Waals surface area contributed by atoms with E-state index in [4.69, 9.17) is 11.6 Å². The highest BCUT2D eigenvalue weighted by atomic mass is 35.5. The van der Waals surface area contributed by atoms with Crippen molar-refractivity contribution >= 4 is 33.2 Å².